The van der Waals surface area contributed by atoms with E-state index in [1.807, 2.05) is 23.9 Å². The minimum atomic E-state index is -0.710. The van der Waals surface area contributed by atoms with Crippen molar-refractivity contribution in [3.8, 4) is 0 Å². The quantitative estimate of drug-likeness (QED) is 0.938. The Morgan fingerprint density at radius 2 is 2.19 bits per heavy atom. The summed E-state index contributed by atoms with van der Waals surface area (Å²) in [7, 11) is 1.96. The highest BCUT2D eigenvalue weighted by molar-refractivity contribution is 5.81. The normalized spacial score (nSPS) is 20.0. The summed E-state index contributed by atoms with van der Waals surface area (Å²) in [6, 6.07) is 8.34. The molecular formula is C16H21N3O2. The van der Waals surface area contributed by atoms with Crippen LogP contribution in [0.3, 0.4) is 0 Å². The van der Waals surface area contributed by atoms with Crippen molar-refractivity contribution in [2.45, 2.75) is 38.3 Å². The number of rotatable bonds is 4. The average molecular weight is 287 g/mol. The fourth-order valence-electron chi connectivity index (χ4n) is 3.30. The molecule has 1 saturated heterocycles. The van der Waals surface area contributed by atoms with E-state index >= 15 is 0 Å². The van der Waals surface area contributed by atoms with Gasteiger partial charge in [0.05, 0.1) is 17.6 Å². The van der Waals surface area contributed by atoms with Gasteiger partial charge in [0.25, 0.3) is 0 Å². The van der Waals surface area contributed by atoms with Crippen LogP contribution in [-0.4, -0.2) is 38.3 Å². The zero-order chi connectivity index (χ0) is 14.8. The van der Waals surface area contributed by atoms with Crippen LogP contribution in [0.5, 0.6) is 0 Å². The monoisotopic (exact) mass is 287 g/mol. The summed E-state index contributed by atoms with van der Waals surface area (Å²) in [6.45, 7) is 1.70. The molecule has 1 aliphatic heterocycles. The number of likely N-dealkylation sites (tertiary alicyclic amines) is 1. The van der Waals surface area contributed by atoms with Crippen molar-refractivity contribution < 1.29 is 9.90 Å². The van der Waals surface area contributed by atoms with E-state index in [1.165, 1.54) is 5.39 Å². The number of nitrogens with zero attached hydrogens (tertiary/aromatic N) is 3. The number of aliphatic carboxylic acids is 1. The van der Waals surface area contributed by atoms with Crippen molar-refractivity contribution >= 4 is 16.9 Å². The van der Waals surface area contributed by atoms with Gasteiger partial charge < -0.3 is 5.11 Å². The number of para-hydroxylation sites is 1. The molecule has 112 valence electrons. The lowest BCUT2D eigenvalue weighted by atomic mass is 9.99. The molecule has 0 saturated carbocycles. The van der Waals surface area contributed by atoms with Crippen molar-refractivity contribution in [1.29, 1.82) is 0 Å². The second-order valence-electron chi connectivity index (χ2n) is 5.81. The van der Waals surface area contributed by atoms with Crippen LogP contribution in [0.4, 0.5) is 0 Å². The first-order valence-corrected chi connectivity index (χ1v) is 7.51. The lowest BCUT2D eigenvalue weighted by Gasteiger charge is -2.34. The highest BCUT2D eigenvalue weighted by Crippen LogP contribution is 2.25. The summed E-state index contributed by atoms with van der Waals surface area (Å²) in [6.07, 6.45) is 3.46. The summed E-state index contributed by atoms with van der Waals surface area (Å²) in [5, 5.41) is 14.9. The fraction of sp³-hybridized carbons (Fsp3) is 0.500. The second kappa shape index (κ2) is 5.85. The van der Waals surface area contributed by atoms with Crippen LogP contribution in [0.2, 0.25) is 0 Å². The van der Waals surface area contributed by atoms with Gasteiger partial charge in [-0.3, -0.25) is 14.4 Å². The summed E-state index contributed by atoms with van der Waals surface area (Å²) in [5.74, 6) is -0.710. The van der Waals surface area contributed by atoms with Crippen LogP contribution in [0.15, 0.2) is 24.3 Å². The van der Waals surface area contributed by atoms with Crippen LogP contribution in [0.1, 0.15) is 31.4 Å². The van der Waals surface area contributed by atoms with Crippen LogP contribution >= 0.6 is 0 Å². The number of benzene rings is 1. The van der Waals surface area contributed by atoms with Crippen LogP contribution in [-0.2, 0) is 18.4 Å². The highest BCUT2D eigenvalue weighted by atomic mass is 16.4. The van der Waals surface area contributed by atoms with Gasteiger partial charge in [-0.15, -0.1) is 0 Å². The molecule has 2 aromatic rings. The number of carbonyl (C=O) groups is 1. The maximum Gasteiger partial charge on any atom is 0.304 e. The van der Waals surface area contributed by atoms with E-state index in [4.69, 9.17) is 5.11 Å². The zero-order valence-electron chi connectivity index (χ0n) is 12.3. The van der Waals surface area contributed by atoms with E-state index < -0.39 is 5.97 Å². The molecule has 1 aromatic carbocycles. The van der Waals surface area contributed by atoms with E-state index in [-0.39, 0.29) is 12.5 Å². The molecule has 0 aliphatic carbocycles. The molecule has 21 heavy (non-hydrogen) atoms. The number of carboxylic acids is 1. The van der Waals surface area contributed by atoms with Gasteiger partial charge in [0.15, 0.2) is 0 Å². The number of fused-ring (bicyclic) bond motifs is 1. The molecule has 1 aliphatic rings. The Kier molecular flexibility index (Phi) is 3.92. The van der Waals surface area contributed by atoms with E-state index in [0.717, 1.165) is 43.6 Å². The average Bonchev–Trinajstić information content (AvgIpc) is 2.78. The molecule has 0 radical (unpaired) electrons. The highest BCUT2D eigenvalue weighted by Gasteiger charge is 2.25. The number of aryl methyl sites for hydroxylation is 1. The first kappa shape index (κ1) is 14.1. The molecule has 1 fully saturated rings. The Morgan fingerprint density at radius 1 is 1.38 bits per heavy atom. The van der Waals surface area contributed by atoms with Crippen LogP contribution in [0, 0.1) is 0 Å². The summed E-state index contributed by atoms with van der Waals surface area (Å²) >= 11 is 0. The fourth-order valence-corrected chi connectivity index (χ4v) is 3.30. The van der Waals surface area contributed by atoms with Gasteiger partial charge in [-0.25, -0.2) is 0 Å². The first-order chi connectivity index (χ1) is 10.1. The van der Waals surface area contributed by atoms with Gasteiger partial charge in [-0.2, -0.15) is 5.10 Å². The standard InChI is InChI=1S/C16H21N3O2/c1-18-15-8-3-2-7-13(15)14(17-18)11-19-9-5-4-6-12(19)10-16(20)21/h2-3,7-8,12H,4-6,9-11H2,1H3,(H,20,21). The van der Waals surface area contributed by atoms with Crippen molar-refractivity contribution in [3.05, 3.63) is 30.0 Å². The molecule has 0 bridgehead atoms. The van der Waals surface area contributed by atoms with Gasteiger partial charge in [0.2, 0.25) is 0 Å². The van der Waals surface area contributed by atoms with Crippen molar-refractivity contribution in [2.75, 3.05) is 6.54 Å². The molecule has 1 N–H and O–H groups in total. The third-order valence-corrected chi connectivity index (χ3v) is 4.35. The van der Waals surface area contributed by atoms with Gasteiger partial charge in [-0.1, -0.05) is 24.6 Å². The van der Waals surface area contributed by atoms with E-state index in [2.05, 4.69) is 22.1 Å². The molecule has 0 amide bonds. The molecule has 5 nitrogen and oxygen atoms in total. The molecule has 0 spiro atoms. The van der Waals surface area contributed by atoms with Gasteiger partial charge in [-0.05, 0) is 25.5 Å². The second-order valence-corrected chi connectivity index (χ2v) is 5.81. The Labute approximate surface area is 124 Å². The largest absolute Gasteiger partial charge is 0.481 e. The lowest BCUT2D eigenvalue weighted by molar-refractivity contribution is -0.138. The molecule has 5 heteroatoms. The smallest absolute Gasteiger partial charge is 0.304 e. The van der Waals surface area contributed by atoms with Crippen LogP contribution < -0.4 is 0 Å². The lowest BCUT2D eigenvalue weighted by Crippen LogP contribution is -2.40. The summed E-state index contributed by atoms with van der Waals surface area (Å²) in [4.78, 5) is 13.3. The summed E-state index contributed by atoms with van der Waals surface area (Å²) < 4.78 is 1.90. The molecule has 1 atom stereocenters. The minimum absolute atomic E-state index is 0.136. The van der Waals surface area contributed by atoms with Crippen molar-refractivity contribution in [1.82, 2.24) is 14.7 Å². The molecule has 1 unspecified atom stereocenters. The van der Waals surface area contributed by atoms with Crippen LogP contribution in [0.25, 0.3) is 10.9 Å². The third kappa shape index (κ3) is 2.93. The number of hydrogen-bond acceptors (Lipinski definition) is 3. The molecular weight excluding hydrogens is 266 g/mol. The van der Waals surface area contributed by atoms with E-state index in [0.29, 0.717) is 0 Å². The van der Waals surface area contributed by atoms with E-state index in [1.54, 1.807) is 0 Å². The maximum absolute atomic E-state index is 11.0. The maximum atomic E-state index is 11.0. The predicted molar refractivity (Wildman–Crippen MR) is 81.0 cm³/mol. The number of piperidine rings is 1. The van der Waals surface area contributed by atoms with Gasteiger partial charge >= 0.3 is 5.97 Å². The number of aromatic nitrogens is 2. The SMILES string of the molecule is Cn1nc(CN2CCCCC2CC(=O)O)c2ccccc21. The Bertz CT molecular complexity index is 650. The summed E-state index contributed by atoms with van der Waals surface area (Å²) in [5.41, 5.74) is 2.17. The Morgan fingerprint density at radius 3 is 3.00 bits per heavy atom. The van der Waals surface area contributed by atoms with Gasteiger partial charge in [0.1, 0.15) is 0 Å². The third-order valence-electron chi connectivity index (χ3n) is 4.35. The van der Waals surface area contributed by atoms with Gasteiger partial charge in [0, 0.05) is 25.0 Å². The Balaban J connectivity index is 1.84. The topological polar surface area (TPSA) is 58.4 Å². The zero-order valence-corrected chi connectivity index (χ0v) is 12.3. The molecule has 3 rings (SSSR count). The number of carboxylic acid groups (broad SMARTS) is 1. The molecule has 1 aromatic heterocycles. The first-order valence-electron chi connectivity index (χ1n) is 7.51. The number of hydrogen-bond donors (Lipinski definition) is 1. The van der Waals surface area contributed by atoms with Crippen molar-refractivity contribution in [2.24, 2.45) is 7.05 Å². The van der Waals surface area contributed by atoms with E-state index in [9.17, 15) is 4.79 Å². The predicted octanol–water partition coefficient (Wildman–Crippen LogP) is 2.40. The Hall–Kier alpha value is -1.88. The minimum Gasteiger partial charge on any atom is -0.481 e. The molecule has 2 heterocycles. The van der Waals surface area contributed by atoms with Crippen molar-refractivity contribution in [3.63, 3.8) is 0 Å².